The topological polar surface area (TPSA) is 29.1 Å². The zero-order chi connectivity index (χ0) is 11.1. The van der Waals surface area contributed by atoms with Gasteiger partial charge in [0.2, 0.25) is 5.91 Å². The van der Waals surface area contributed by atoms with Crippen LogP contribution in [0.25, 0.3) is 0 Å². The maximum Gasteiger partial charge on any atom is 0.221 e. The number of carbonyl (C=O) groups is 1. The van der Waals surface area contributed by atoms with Gasteiger partial charge in [-0.05, 0) is 12.0 Å². The summed E-state index contributed by atoms with van der Waals surface area (Å²) in [5, 5.41) is 3.73. The van der Waals surface area contributed by atoms with Crippen molar-refractivity contribution in [1.82, 2.24) is 5.32 Å². The third kappa shape index (κ3) is 4.04. The van der Waals surface area contributed by atoms with Gasteiger partial charge >= 0.3 is 0 Å². The van der Waals surface area contributed by atoms with E-state index < -0.39 is 0 Å². The Morgan fingerprint density at radius 2 is 2.07 bits per heavy atom. The molecule has 0 heterocycles. The highest BCUT2D eigenvalue weighted by molar-refractivity contribution is 9.09. The fourth-order valence-electron chi connectivity index (χ4n) is 1.46. The Bertz CT molecular complexity index is 300. The second kappa shape index (κ2) is 6.62. The minimum atomic E-state index is 0.0996. The number of halogens is 1. The number of amides is 1. The van der Waals surface area contributed by atoms with E-state index in [2.05, 4.69) is 28.2 Å². The monoisotopic (exact) mass is 269 g/mol. The van der Waals surface area contributed by atoms with Crippen LogP contribution in [-0.2, 0) is 4.79 Å². The van der Waals surface area contributed by atoms with E-state index >= 15 is 0 Å². The number of alkyl halides is 1. The van der Waals surface area contributed by atoms with Gasteiger partial charge in [0.15, 0.2) is 0 Å². The maximum absolute atomic E-state index is 11.4. The van der Waals surface area contributed by atoms with Gasteiger partial charge in [-0.1, -0.05) is 53.2 Å². The molecule has 1 amide bonds. The third-order valence-electron chi connectivity index (χ3n) is 2.27. The molecule has 0 fully saturated rings. The van der Waals surface area contributed by atoms with Crippen molar-refractivity contribution in [2.75, 3.05) is 5.33 Å². The van der Waals surface area contributed by atoms with Gasteiger partial charge in [0.1, 0.15) is 0 Å². The van der Waals surface area contributed by atoms with Crippen LogP contribution < -0.4 is 5.32 Å². The molecule has 3 heteroatoms. The van der Waals surface area contributed by atoms with Gasteiger partial charge in [0.05, 0.1) is 6.04 Å². The van der Waals surface area contributed by atoms with Gasteiger partial charge in [-0.25, -0.2) is 0 Å². The predicted molar refractivity (Wildman–Crippen MR) is 66.0 cm³/mol. The quantitative estimate of drug-likeness (QED) is 0.819. The second-order valence-electron chi connectivity index (χ2n) is 3.38. The number of hydrogen-bond acceptors (Lipinski definition) is 1. The lowest BCUT2D eigenvalue weighted by atomic mass is 10.0. The lowest BCUT2D eigenvalue weighted by molar-refractivity contribution is -0.121. The number of hydrogen-bond donors (Lipinski definition) is 1. The van der Waals surface area contributed by atoms with Crippen molar-refractivity contribution < 1.29 is 4.79 Å². The Kier molecular flexibility index (Phi) is 5.40. The minimum Gasteiger partial charge on any atom is -0.349 e. The van der Waals surface area contributed by atoms with E-state index in [4.69, 9.17) is 0 Å². The summed E-state index contributed by atoms with van der Waals surface area (Å²) in [4.78, 5) is 11.4. The molecule has 0 aliphatic rings. The molecule has 0 saturated heterocycles. The third-order valence-corrected chi connectivity index (χ3v) is 2.66. The van der Waals surface area contributed by atoms with E-state index in [9.17, 15) is 4.79 Å². The van der Waals surface area contributed by atoms with Gasteiger partial charge in [-0.3, -0.25) is 4.79 Å². The van der Waals surface area contributed by atoms with Crippen LogP contribution in [0.3, 0.4) is 0 Å². The highest BCUT2D eigenvalue weighted by Crippen LogP contribution is 2.15. The summed E-state index contributed by atoms with van der Waals surface area (Å²) in [6, 6.07) is 10.2. The molecule has 0 radical (unpaired) electrons. The Morgan fingerprint density at radius 3 is 2.60 bits per heavy atom. The SMILES string of the molecule is CCC(NC(=O)CCBr)c1ccccc1. The van der Waals surface area contributed by atoms with E-state index in [1.807, 2.05) is 30.3 Å². The molecule has 0 spiro atoms. The summed E-state index contributed by atoms with van der Waals surface area (Å²) >= 11 is 3.26. The van der Waals surface area contributed by atoms with Crippen molar-refractivity contribution in [3.8, 4) is 0 Å². The normalized spacial score (nSPS) is 12.1. The fourth-order valence-corrected chi connectivity index (χ4v) is 1.82. The molecule has 0 aromatic heterocycles. The molecule has 1 aromatic carbocycles. The van der Waals surface area contributed by atoms with Crippen molar-refractivity contribution in [3.63, 3.8) is 0 Å². The van der Waals surface area contributed by atoms with Crippen LogP contribution >= 0.6 is 15.9 Å². The average molecular weight is 270 g/mol. The summed E-state index contributed by atoms with van der Waals surface area (Å²) in [6.07, 6.45) is 1.45. The first-order chi connectivity index (χ1) is 7.27. The highest BCUT2D eigenvalue weighted by atomic mass is 79.9. The number of benzene rings is 1. The molecule has 1 unspecified atom stereocenters. The van der Waals surface area contributed by atoms with Crippen molar-refractivity contribution in [1.29, 1.82) is 0 Å². The van der Waals surface area contributed by atoms with Crippen LogP contribution in [0.4, 0.5) is 0 Å². The minimum absolute atomic E-state index is 0.0996. The fraction of sp³-hybridized carbons (Fsp3) is 0.417. The molecule has 0 aliphatic heterocycles. The molecule has 1 atom stereocenters. The average Bonchev–Trinajstić information content (AvgIpc) is 2.27. The van der Waals surface area contributed by atoms with E-state index in [1.165, 1.54) is 5.56 Å². The zero-order valence-corrected chi connectivity index (χ0v) is 10.5. The van der Waals surface area contributed by atoms with Crippen molar-refractivity contribution >= 4 is 21.8 Å². The first-order valence-corrected chi connectivity index (χ1v) is 6.30. The van der Waals surface area contributed by atoms with Crippen LogP contribution in [0, 0.1) is 0 Å². The summed E-state index contributed by atoms with van der Waals surface area (Å²) in [7, 11) is 0. The molecule has 15 heavy (non-hydrogen) atoms. The molecule has 0 saturated carbocycles. The molecule has 82 valence electrons. The second-order valence-corrected chi connectivity index (χ2v) is 4.17. The molecule has 1 rings (SSSR count). The number of carbonyl (C=O) groups excluding carboxylic acids is 1. The highest BCUT2D eigenvalue weighted by Gasteiger charge is 2.11. The molecule has 1 aromatic rings. The Labute approximate surface area is 99.2 Å². The van der Waals surface area contributed by atoms with Gasteiger partial charge < -0.3 is 5.32 Å². The molecule has 0 aliphatic carbocycles. The first kappa shape index (κ1) is 12.2. The Hall–Kier alpha value is -0.830. The Morgan fingerprint density at radius 1 is 1.40 bits per heavy atom. The van der Waals surface area contributed by atoms with E-state index in [0.717, 1.165) is 6.42 Å². The number of nitrogens with one attached hydrogen (secondary N) is 1. The van der Waals surface area contributed by atoms with E-state index in [0.29, 0.717) is 11.8 Å². The molecular weight excluding hydrogens is 254 g/mol. The van der Waals surface area contributed by atoms with E-state index in [-0.39, 0.29) is 11.9 Å². The molecular formula is C12H16BrNO. The predicted octanol–water partition coefficient (Wildman–Crippen LogP) is 3.04. The first-order valence-electron chi connectivity index (χ1n) is 5.18. The van der Waals surface area contributed by atoms with Crippen molar-refractivity contribution in [2.24, 2.45) is 0 Å². The van der Waals surface area contributed by atoms with Crippen molar-refractivity contribution in [2.45, 2.75) is 25.8 Å². The van der Waals surface area contributed by atoms with E-state index in [1.54, 1.807) is 0 Å². The Balaban J connectivity index is 2.61. The molecule has 1 N–H and O–H groups in total. The smallest absolute Gasteiger partial charge is 0.221 e. The van der Waals surface area contributed by atoms with Crippen LogP contribution in [0.15, 0.2) is 30.3 Å². The van der Waals surface area contributed by atoms with Gasteiger partial charge in [0, 0.05) is 11.8 Å². The van der Waals surface area contributed by atoms with Crippen LogP contribution in [0.5, 0.6) is 0 Å². The zero-order valence-electron chi connectivity index (χ0n) is 8.87. The lowest BCUT2D eigenvalue weighted by Crippen LogP contribution is -2.28. The summed E-state index contributed by atoms with van der Waals surface area (Å²) in [5.41, 5.74) is 1.17. The van der Waals surface area contributed by atoms with Gasteiger partial charge in [-0.2, -0.15) is 0 Å². The summed E-state index contributed by atoms with van der Waals surface area (Å²) in [6.45, 7) is 2.08. The molecule has 0 bridgehead atoms. The van der Waals surface area contributed by atoms with Crippen LogP contribution in [0.2, 0.25) is 0 Å². The summed E-state index contributed by atoms with van der Waals surface area (Å²) in [5.74, 6) is 0.0996. The van der Waals surface area contributed by atoms with Crippen LogP contribution in [0.1, 0.15) is 31.4 Å². The van der Waals surface area contributed by atoms with Gasteiger partial charge in [-0.15, -0.1) is 0 Å². The largest absolute Gasteiger partial charge is 0.349 e. The standard InChI is InChI=1S/C12H16BrNO/c1-2-11(14-12(15)8-9-13)10-6-4-3-5-7-10/h3-7,11H,2,8-9H2,1H3,(H,14,15). The molecule has 2 nitrogen and oxygen atoms in total. The lowest BCUT2D eigenvalue weighted by Gasteiger charge is -2.16. The van der Waals surface area contributed by atoms with Crippen molar-refractivity contribution in [3.05, 3.63) is 35.9 Å². The maximum atomic E-state index is 11.4. The summed E-state index contributed by atoms with van der Waals surface area (Å²) < 4.78 is 0. The number of rotatable bonds is 5. The van der Waals surface area contributed by atoms with Gasteiger partial charge in [0.25, 0.3) is 0 Å². The van der Waals surface area contributed by atoms with Crippen LogP contribution in [-0.4, -0.2) is 11.2 Å².